The van der Waals surface area contributed by atoms with E-state index in [0.717, 1.165) is 44.1 Å². The highest BCUT2D eigenvalue weighted by atomic mass is 16.5. The first-order chi connectivity index (χ1) is 10.8. The van der Waals surface area contributed by atoms with E-state index in [1.54, 1.807) is 20.4 Å². The van der Waals surface area contributed by atoms with Gasteiger partial charge in [0, 0.05) is 45.6 Å². The fourth-order valence-corrected chi connectivity index (χ4v) is 1.77. The van der Waals surface area contributed by atoms with Crippen LogP contribution in [-0.2, 0) is 11.3 Å². The molecule has 0 aliphatic heterocycles. The second-order valence-electron chi connectivity index (χ2n) is 4.88. The molecule has 0 atom stereocenters. The number of ether oxygens (including phenoxy) is 2. The second-order valence-corrected chi connectivity index (χ2v) is 4.88. The molecule has 1 aromatic heterocycles. The van der Waals surface area contributed by atoms with E-state index < -0.39 is 0 Å². The first-order valence-corrected chi connectivity index (χ1v) is 7.81. The van der Waals surface area contributed by atoms with Crippen LogP contribution in [0.5, 0.6) is 5.88 Å². The lowest BCUT2D eigenvalue weighted by molar-refractivity contribution is 0.129. The van der Waals surface area contributed by atoms with Gasteiger partial charge in [-0.25, -0.2) is 4.98 Å². The van der Waals surface area contributed by atoms with Crippen LogP contribution >= 0.6 is 0 Å². The number of guanidine groups is 1. The second kappa shape index (κ2) is 11.8. The minimum Gasteiger partial charge on any atom is -0.481 e. The van der Waals surface area contributed by atoms with E-state index in [-0.39, 0.29) is 0 Å². The molecular weight excluding hydrogens is 280 g/mol. The van der Waals surface area contributed by atoms with Crippen LogP contribution in [0.25, 0.3) is 0 Å². The molecule has 124 valence electrons. The van der Waals surface area contributed by atoms with Crippen molar-refractivity contribution in [2.75, 3.05) is 33.9 Å². The van der Waals surface area contributed by atoms with Crippen LogP contribution in [0, 0.1) is 0 Å². The van der Waals surface area contributed by atoms with Gasteiger partial charge < -0.3 is 20.1 Å². The van der Waals surface area contributed by atoms with Gasteiger partial charge in [-0.15, -0.1) is 0 Å². The zero-order chi connectivity index (χ0) is 16.0. The number of aromatic nitrogens is 1. The zero-order valence-electron chi connectivity index (χ0n) is 13.9. The summed E-state index contributed by atoms with van der Waals surface area (Å²) in [7, 11) is 3.37. The lowest BCUT2D eigenvalue weighted by atomic mass is 10.3. The fraction of sp³-hybridized carbons (Fsp3) is 0.625. The van der Waals surface area contributed by atoms with Crippen LogP contribution < -0.4 is 15.4 Å². The molecule has 0 unspecified atom stereocenters. The average Bonchev–Trinajstić information content (AvgIpc) is 2.57. The van der Waals surface area contributed by atoms with E-state index in [4.69, 9.17) is 9.47 Å². The summed E-state index contributed by atoms with van der Waals surface area (Å²) in [6.45, 7) is 5.32. The highest BCUT2D eigenvalue weighted by molar-refractivity contribution is 5.79. The van der Waals surface area contributed by atoms with Gasteiger partial charge in [0.15, 0.2) is 5.96 Å². The van der Waals surface area contributed by atoms with Crippen molar-refractivity contribution in [1.82, 2.24) is 15.6 Å². The van der Waals surface area contributed by atoms with Gasteiger partial charge in [-0.1, -0.05) is 19.4 Å². The van der Waals surface area contributed by atoms with Gasteiger partial charge in [0.2, 0.25) is 5.88 Å². The lowest BCUT2D eigenvalue weighted by Crippen LogP contribution is -2.37. The van der Waals surface area contributed by atoms with Gasteiger partial charge in [0.25, 0.3) is 0 Å². The summed E-state index contributed by atoms with van der Waals surface area (Å²) < 4.78 is 10.6. The van der Waals surface area contributed by atoms with Crippen LogP contribution in [0.4, 0.5) is 0 Å². The summed E-state index contributed by atoms with van der Waals surface area (Å²) >= 11 is 0. The Bertz CT molecular complexity index is 421. The fourth-order valence-electron chi connectivity index (χ4n) is 1.77. The minimum atomic E-state index is 0.620. The van der Waals surface area contributed by atoms with Crippen LogP contribution in [0.15, 0.2) is 23.3 Å². The van der Waals surface area contributed by atoms with Gasteiger partial charge in [-0.2, -0.15) is 0 Å². The van der Waals surface area contributed by atoms with E-state index in [1.165, 1.54) is 6.42 Å². The van der Waals surface area contributed by atoms with Crippen LogP contribution in [0.1, 0.15) is 31.7 Å². The molecule has 0 fully saturated rings. The van der Waals surface area contributed by atoms with Crippen LogP contribution in [-0.4, -0.2) is 44.9 Å². The number of nitrogens with zero attached hydrogens (tertiary/aromatic N) is 2. The number of rotatable bonds is 10. The maximum absolute atomic E-state index is 5.52. The number of nitrogens with one attached hydrogen (secondary N) is 2. The molecule has 6 nitrogen and oxygen atoms in total. The first-order valence-electron chi connectivity index (χ1n) is 7.81. The predicted octanol–water partition coefficient (Wildman–Crippen LogP) is 1.96. The minimum absolute atomic E-state index is 0.620. The molecule has 1 heterocycles. The largest absolute Gasteiger partial charge is 0.481 e. The average molecular weight is 308 g/mol. The van der Waals surface area contributed by atoms with Crippen molar-refractivity contribution in [2.45, 2.75) is 32.7 Å². The predicted molar refractivity (Wildman–Crippen MR) is 89.3 cm³/mol. The first kappa shape index (κ1) is 18.2. The lowest BCUT2D eigenvalue weighted by Gasteiger charge is -2.12. The molecule has 0 amide bonds. The third kappa shape index (κ3) is 7.83. The molecule has 0 saturated carbocycles. The van der Waals surface area contributed by atoms with Crippen molar-refractivity contribution in [3.63, 3.8) is 0 Å². The van der Waals surface area contributed by atoms with Crippen LogP contribution in [0.3, 0.4) is 0 Å². The Kier molecular flexibility index (Phi) is 9.78. The Labute approximate surface area is 133 Å². The van der Waals surface area contributed by atoms with Gasteiger partial charge in [0.05, 0.1) is 7.11 Å². The number of unbranched alkanes of at least 4 members (excludes halogenated alkanes) is 1. The topological polar surface area (TPSA) is 67.8 Å². The van der Waals surface area contributed by atoms with Crippen molar-refractivity contribution < 1.29 is 9.47 Å². The van der Waals surface area contributed by atoms with Crippen LogP contribution in [0.2, 0.25) is 0 Å². The van der Waals surface area contributed by atoms with E-state index in [2.05, 4.69) is 27.5 Å². The Morgan fingerprint density at radius 2 is 2.05 bits per heavy atom. The standard InChI is InChI=1S/C16H28N4O2/c1-4-5-10-22-11-6-9-18-16(17-2)20-13-14-7-8-15(21-3)19-12-14/h7-8,12H,4-6,9-11,13H2,1-3H3,(H2,17,18,20). The van der Waals surface area contributed by atoms with Crippen molar-refractivity contribution in [3.8, 4) is 5.88 Å². The van der Waals surface area contributed by atoms with Gasteiger partial charge in [-0.3, -0.25) is 4.99 Å². The summed E-state index contributed by atoms with van der Waals surface area (Å²) in [4.78, 5) is 8.37. The molecular formula is C16H28N4O2. The molecule has 0 aliphatic rings. The molecule has 2 N–H and O–H groups in total. The molecule has 0 spiro atoms. The Morgan fingerprint density at radius 1 is 1.23 bits per heavy atom. The summed E-state index contributed by atoms with van der Waals surface area (Å²) in [5, 5.41) is 6.52. The summed E-state index contributed by atoms with van der Waals surface area (Å²) in [6, 6.07) is 3.83. The molecule has 0 aromatic carbocycles. The van der Waals surface area contributed by atoms with Crippen molar-refractivity contribution in [3.05, 3.63) is 23.9 Å². The molecule has 0 bridgehead atoms. The molecule has 0 saturated heterocycles. The monoisotopic (exact) mass is 308 g/mol. The zero-order valence-corrected chi connectivity index (χ0v) is 13.9. The Morgan fingerprint density at radius 3 is 2.68 bits per heavy atom. The summed E-state index contributed by atoms with van der Waals surface area (Å²) in [6.07, 6.45) is 5.07. The number of pyridine rings is 1. The maximum atomic E-state index is 5.52. The number of aliphatic imine (C=N–C) groups is 1. The molecule has 1 rings (SSSR count). The molecule has 0 radical (unpaired) electrons. The Balaban J connectivity index is 2.16. The van der Waals surface area contributed by atoms with E-state index in [0.29, 0.717) is 12.4 Å². The third-order valence-electron chi connectivity index (χ3n) is 3.09. The smallest absolute Gasteiger partial charge is 0.212 e. The normalized spacial score (nSPS) is 11.3. The number of hydrogen-bond donors (Lipinski definition) is 2. The molecule has 0 aliphatic carbocycles. The van der Waals surface area contributed by atoms with Crippen molar-refractivity contribution in [2.24, 2.45) is 4.99 Å². The van der Waals surface area contributed by atoms with Gasteiger partial charge in [0.1, 0.15) is 0 Å². The van der Waals surface area contributed by atoms with E-state index >= 15 is 0 Å². The highest BCUT2D eigenvalue weighted by Crippen LogP contribution is 2.05. The maximum Gasteiger partial charge on any atom is 0.212 e. The van der Waals surface area contributed by atoms with E-state index in [1.807, 2.05) is 12.1 Å². The van der Waals surface area contributed by atoms with Crippen molar-refractivity contribution >= 4 is 5.96 Å². The summed E-state index contributed by atoms with van der Waals surface area (Å²) in [5.74, 6) is 1.40. The Hall–Kier alpha value is -1.82. The number of hydrogen-bond acceptors (Lipinski definition) is 4. The number of methoxy groups -OCH3 is 1. The molecule has 6 heteroatoms. The third-order valence-corrected chi connectivity index (χ3v) is 3.09. The van der Waals surface area contributed by atoms with Gasteiger partial charge >= 0.3 is 0 Å². The molecule has 22 heavy (non-hydrogen) atoms. The highest BCUT2D eigenvalue weighted by Gasteiger charge is 1.99. The summed E-state index contributed by atoms with van der Waals surface area (Å²) in [5.41, 5.74) is 1.08. The SMILES string of the molecule is CCCCOCCCNC(=NC)NCc1ccc(OC)nc1. The van der Waals surface area contributed by atoms with Crippen molar-refractivity contribution in [1.29, 1.82) is 0 Å². The van der Waals surface area contributed by atoms with Gasteiger partial charge in [-0.05, 0) is 18.4 Å². The quantitative estimate of drug-likeness (QED) is 0.393. The van der Waals surface area contributed by atoms with E-state index in [9.17, 15) is 0 Å². The molecule has 1 aromatic rings.